The molecule has 0 aromatic carbocycles. The van der Waals surface area contributed by atoms with E-state index in [2.05, 4.69) is 4.90 Å². The number of aliphatic hydroxyl groups is 1. The lowest BCUT2D eigenvalue weighted by Crippen LogP contribution is -2.56. The first-order valence-corrected chi connectivity index (χ1v) is 5.91. The Hall–Kier alpha value is -0.650. The van der Waals surface area contributed by atoms with Crippen molar-refractivity contribution in [2.24, 2.45) is 5.41 Å². The highest BCUT2D eigenvalue weighted by Crippen LogP contribution is 2.25. The summed E-state index contributed by atoms with van der Waals surface area (Å²) in [7, 11) is 0. The molecule has 0 aromatic heterocycles. The molecule has 5 heteroatoms. The number of rotatable bonds is 4. The van der Waals surface area contributed by atoms with Crippen molar-refractivity contribution in [2.45, 2.75) is 39.4 Å². The predicted octanol–water partition coefficient (Wildman–Crippen LogP) is 0.569. The molecule has 0 bridgehead atoms. The van der Waals surface area contributed by atoms with E-state index in [0.29, 0.717) is 19.6 Å². The van der Waals surface area contributed by atoms with Crippen LogP contribution in [-0.2, 0) is 9.53 Å². The minimum Gasteiger partial charge on any atom is -0.481 e. The topological polar surface area (TPSA) is 70.0 Å². The summed E-state index contributed by atoms with van der Waals surface area (Å²) in [5, 5.41) is 18.3. The largest absolute Gasteiger partial charge is 0.481 e. The van der Waals surface area contributed by atoms with Crippen molar-refractivity contribution >= 4 is 5.97 Å². The fraction of sp³-hybridized carbons (Fsp3) is 0.917. The molecule has 1 saturated heterocycles. The van der Waals surface area contributed by atoms with Crippen molar-refractivity contribution < 1.29 is 19.7 Å². The maximum absolute atomic E-state index is 11.1. The van der Waals surface area contributed by atoms with Gasteiger partial charge in [-0.05, 0) is 27.7 Å². The molecule has 1 heterocycles. The van der Waals surface area contributed by atoms with Crippen molar-refractivity contribution in [1.29, 1.82) is 0 Å². The number of hydrogen-bond acceptors (Lipinski definition) is 4. The summed E-state index contributed by atoms with van der Waals surface area (Å²) in [5.74, 6) is -0.803. The number of aliphatic hydroxyl groups excluding tert-OH is 1. The highest BCUT2D eigenvalue weighted by Gasteiger charge is 2.37. The van der Waals surface area contributed by atoms with Gasteiger partial charge in [0.25, 0.3) is 0 Å². The molecule has 0 aliphatic carbocycles. The summed E-state index contributed by atoms with van der Waals surface area (Å²) in [4.78, 5) is 13.2. The van der Waals surface area contributed by atoms with Crippen molar-refractivity contribution in [3.8, 4) is 0 Å². The zero-order valence-electron chi connectivity index (χ0n) is 11.1. The lowest BCUT2D eigenvalue weighted by atomic mass is 9.91. The summed E-state index contributed by atoms with van der Waals surface area (Å²) in [5.41, 5.74) is -1.13. The van der Waals surface area contributed by atoms with Crippen LogP contribution in [0.25, 0.3) is 0 Å². The van der Waals surface area contributed by atoms with Crippen molar-refractivity contribution in [1.82, 2.24) is 4.90 Å². The van der Waals surface area contributed by atoms with Gasteiger partial charge in [0.05, 0.1) is 23.7 Å². The van der Waals surface area contributed by atoms with Gasteiger partial charge in [-0.2, -0.15) is 0 Å². The minimum atomic E-state index is -0.803. The zero-order valence-corrected chi connectivity index (χ0v) is 11.1. The third kappa shape index (κ3) is 3.94. The van der Waals surface area contributed by atoms with E-state index in [4.69, 9.17) is 9.84 Å². The first kappa shape index (κ1) is 14.4. The second-order valence-corrected chi connectivity index (χ2v) is 6.04. The van der Waals surface area contributed by atoms with Crippen molar-refractivity contribution in [2.75, 3.05) is 26.2 Å². The number of carbonyl (C=O) groups is 1. The first-order valence-electron chi connectivity index (χ1n) is 5.91. The van der Waals surface area contributed by atoms with Crippen LogP contribution in [0.4, 0.5) is 0 Å². The molecule has 1 fully saturated rings. The summed E-state index contributed by atoms with van der Waals surface area (Å²) in [6.07, 6.45) is -0.233. The summed E-state index contributed by atoms with van der Waals surface area (Å²) in [6, 6.07) is 0. The molecule has 1 atom stereocenters. The van der Waals surface area contributed by atoms with E-state index in [1.54, 1.807) is 13.8 Å². The highest BCUT2D eigenvalue weighted by atomic mass is 16.5. The van der Waals surface area contributed by atoms with Crippen LogP contribution >= 0.6 is 0 Å². The number of carboxylic acids is 1. The van der Waals surface area contributed by atoms with Gasteiger partial charge in [0.1, 0.15) is 0 Å². The third-order valence-corrected chi connectivity index (χ3v) is 2.95. The lowest BCUT2D eigenvalue weighted by molar-refractivity contribution is -0.162. The molecule has 1 unspecified atom stereocenters. The minimum absolute atomic E-state index is 0.0343. The van der Waals surface area contributed by atoms with Crippen molar-refractivity contribution in [3.05, 3.63) is 0 Å². The van der Waals surface area contributed by atoms with Gasteiger partial charge in [-0.25, -0.2) is 0 Å². The second-order valence-electron chi connectivity index (χ2n) is 6.04. The second kappa shape index (κ2) is 4.92. The molecule has 1 aliphatic rings. The number of nitrogens with zero attached hydrogens (tertiary/aromatic N) is 1. The summed E-state index contributed by atoms with van der Waals surface area (Å²) in [6.45, 7) is 9.03. The van der Waals surface area contributed by atoms with E-state index in [9.17, 15) is 9.90 Å². The Kier molecular flexibility index (Phi) is 4.17. The molecule has 0 radical (unpaired) electrons. The van der Waals surface area contributed by atoms with Crippen molar-refractivity contribution in [3.63, 3.8) is 0 Å². The van der Waals surface area contributed by atoms with Gasteiger partial charge in [-0.3, -0.25) is 9.69 Å². The van der Waals surface area contributed by atoms with Gasteiger partial charge in [-0.15, -0.1) is 0 Å². The molecule has 2 N–H and O–H groups in total. The predicted molar refractivity (Wildman–Crippen MR) is 63.9 cm³/mol. The standard InChI is InChI=1S/C12H23NO4/c1-11(2,10(15)16)7-13-5-9(6-14)17-12(3,4)8-13/h9,14H,5-8H2,1-4H3,(H,15,16). The molecule has 0 amide bonds. The number of ether oxygens (including phenoxy) is 1. The molecular formula is C12H23NO4. The maximum Gasteiger partial charge on any atom is 0.310 e. The zero-order chi connectivity index (χ0) is 13.3. The van der Waals surface area contributed by atoms with Crippen LogP contribution < -0.4 is 0 Å². The first-order chi connectivity index (χ1) is 7.66. The number of morpholine rings is 1. The SMILES string of the molecule is CC1(C)CN(CC(C)(C)C(=O)O)CC(CO)O1. The fourth-order valence-corrected chi connectivity index (χ4v) is 2.26. The van der Waals surface area contributed by atoms with E-state index >= 15 is 0 Å². The van der Waals surface area contributed by atoms with Gasteiger partial charge in [0.2, 0.25) is 0 Å². The van der Waals surface area contributed by atoms with E-state index in [-0.39, 0.29) is 18.3 Å². The molecule has 100 valence electrons. The van der Waals surface area contributed by atoms with Crippen LogP contribution in [0.2, 0.25) is 0 Å². The molecule has 17 heavy (non-hydrogen) atoms. The van der Waals surface area contributed by atoms with Gasteiger partial charge in [0, 0.05) is 19.6 Å². The van der Waals surface area contributed by atoms with Crippen LogP contribution in [0.3, 0.4) is 0 Å². The van der Waals surface area contributed by atoms with Gasteiger partial charge >= 0.3 is 5.97 Å². The Balaban J connectivity index is 2.68. The molecule has 1 rings (SSSR count). The lowest BCUT2D eigenvalue weighted by Gasteiger charge is -2.44. The Morgan fingerprint density at radius 1 is 1.53 bits per heavy atom. The van der Waals surface area contributed by atoms with E-state index in [1.807, 2.05) is 13.8 Å². The van der Waals surface area contributed by atoms with Crippen LogP contribution in [-0.4, -0.2) is 59.0 Å². The van der Waals surface area contributed by atoms with Gasteiger partial charge in [0.15, 0.2) is 0 Å². The number of carboxylic acid groups (broad SMARTS) is 1. The average Bonchev–Trinajstić information content (AvgIpc) is 2.13. The average molecular weight is 245 g/mol. The van der Waals surface area contributed by atoms with Crippen LogP contribution in [0, 0.1) is 5.41 Å². The molecule has 0 saturated carbocycles. The molecule has 1 aliphatic heterocycles. The van der Waals surface area contributed by atoms with E-state index < -0.39 is 11.4 Å². The third-order valence-electron chi connectivity index (χ3n) is 2.95. The van der Waals surface area contributed by atoms with Gasteiger partial charge < -0.3 is 14.9 Å². The van der Waals surface area contributed by atoms with E-state index in [1.165, 1.54) is 0 Å². The van der Waals surface area contributed by atoms with Crippen LogP contribution in [0.5, 0.6) is 0 Å². The van der Waals surface area contributed by atoms with Gasteiger partial charge in [-0.1, -0.05) is 0 Å². The molecule has 0 aromatic rings. The summed E-state index contributed by atoms with van der Waals surface area (Å²) < 4.78 is 5.69. The van der Waals surface area contributed by atoms with Crippen LogP contribution in [0.15, 0.2) is 0 Å². The monoisotopic (exact) mass is 245 g/mol. The number of hydrogen-bond donors (Lipinski definition) is 2. The molecule has 5 nitrogen and oxygen atoms in total. The smallest absolute Gasteiger partial charge is 0.310 e. The van der Waals surface area contributed by atoms with E-state index in [0.717, 1.165) is 0 Å². The quantitative estimate of drug-likeness (QED) is 0.757. The number of aliphatic carboxylic acids is 1. The fourth-order valence-electron chi connectivity index (χ4n) is 2.26. The maximum atomic E-state index is 11.1. The summed E-state index contributed by atoms with van der Waals surface area (Å²) >= 11 is 0. The Bertz CT molecular complexity index is 288. The molecular weight excluding hydrogens is 222 g/mol. The Labute approximate surface area is 102 Å². The Morgan fingerprint density at radius 3 is 2.59 bits per heavy atom. The normalized spacial score (nSPS) is 25.8. The highest BCUT2D eigenvalue weighted by molar-refractivity contribution is 5.73. The molecule has 0 spiro atoms. The van der Waals surface area contributed by atoms with Crippen LogP contribution in [0.1, 0.15) is 27.7 Å². The Morgan fingerprint density at radius 2 is 2.12 bits per heavy atom.